The molecule has 4 aliphatic carbocycles. The summed E-state index contributed by atoms with van der Waals surface area (Å²) in [6.45, 7) is 8.51. The minimum absolute atomic E-state index is 0.0638. The van der Waals surface area contributed by atoms with E-state index in [2.05, 4.69) is 20.8 Å². The average Bonchev–Trinajstić information content (AvgIpc) is 3.21. The molecule has 4 heteroatoms. The fourth-order valence-corrected chi connectivity index (χ4v) is 10.5. The van der Waals surface area contributed by atoms with Crippen LogP contribution in [-0.4, -0.2) is 31.6 Å². The van der Waals surface area contributed by atoms with Gasteiger partial charge in [-0.05, 0) is 123 Å². The Morgan fingerprint density at radius 3 is 2.60 bits per heavy atom. The summed E-state index contributed by atoms with van der Waals surface area (Å²) in [6.07, 6.45) is 16.2. The Balaban J connectivity index is 1.37. The first-order valence-electron chi connectivity index (χ1n) is 15.0. The Kier molecular flexibility index (Phi) is 7.43. The van der Waals surface area contributed by atoms with Crippen LogP contribution < -0.4 is 0 Å². The maximum Gasteiger partial charge on any atom is 0.305 e. The molecule has 5 rings (SSSR count). The quantitative estimate of drug-likeness (QED) is 0.380. The first-order chi connectivity index (χ1) is 16.8. The highest BCUT2D eigenvalue weighted by Crippen LogP contribution is 2.69. The Morgan fingerprint density at radius 2 is 1.86 bits per heavy atom. The van der Waals surface area contributed by atoms with Crippen LogP contribution in [0, 0.1) is 52.3 Å². The zero-order chi connectivity index (χ0) is 24.8. The van der Waals surface area contributed by atoms with Crippen molar-refractivity contribution < 1.29 is 19.1 Å². The molecule has 35 heavy (non-hydrogen) atoms. The molecule has 1 saturated heterocycles. The highest BCUT2D eigenvalue weighted by atomic mass is 16.5. The number of methoxy groups -OCH3 is 1. The van der Waals surface area contributed by atoms with Crippen molar-refractivity contribution in [2.24, 2.45) is 52.3 Å². The lowest BCUT2D eigenvalue weighted by Crippen LogP contribution is -2.56. The molecule has 4 saturated carbocycles. The Labute approximate surface area is 213 Å². The lowest BCUT2D eigenvalue weighted by Gasteiger charge is -2.63. The molecule has 5 aliphatic rings. The number of Topliss-reactive ketones (excluding diaryl/α,β-unsaturated/α-hetero) is 1. The van der Waals surface area contributed by atoms with Gasteiger partial charge in [0, 0.05) is 25.9 Å². The molecule has 0 bridgehead atoms. The molecule has 0 aromatic heterocycles. The number of rotatable bonds is 6. The number of ketones is 1. The molecule has 10 atom stereocenters. The molecule has 0 N–H and O–H groups in total. The minimum Gasteiger partial charge on any atom is -0.469 e. The number of ether oxygens (including phenoxy) is 2. The predicted molar refractivity (Wildman–Crippen MR) is 138 cm³/mol. The lowest BCUT2D eigenvalue weighted by atomic mass is 9.42. The number of carbonyl (C=O) groups excluding carboxylic acids is 2. The maximum absolute atomic E-state index is 12.7. The summed E-state index contributed by atoms with van der Waals surface area (Å²) in [5.74, 6) is 5.34. The van der Waals surface area contributed by atoms with E-state index in [1.54, 1.807) is 0 Å². The van der Waals surface area contributed by atoms with Crippen LogP contribution in [0.5, 0.6) is 0 Å². The molecule has 4 nitrogen and oxygen atoms in total. The molecule has 1 heterocycles. The molecule has 7 unspecified atom stereocenters. The molecule has 0 radical (unpaired) electrons. The van der Waals surface area contributed by atoms with Crippen LogP contribution in [0.15, 0.2) is 0 Å². The average molecular weight is 487 g/mol. The summed E-state index contributed by atoms with van der Waals surface area (Å²) >= 11 is 0. The van der Waals surface area contributed by atoms with Crippen LogP contribution in [0.2, 0.25) is 0 Å². The van der Waals surface area contributed by atoms with E-state index in [9.17, 15) is 9.59 Å². The largest absolute Gasteiger partial charge is 0.469 e. The van der Waals surface area contributed by atoms with Crippen molar-refractivity contribution in [2.75, 3.05) is 13.7 Å². The summed E-state index contributed by atoms with van der Waals surface area (Å²) in [4.78, 5) is 24.5. The highest BCUT2D eigenvalue weighted by Gasteiger charge is 2.62. The zero-order valence-electron chi connectivity index (χ0n) is 22.9. The predicted octanol–water partition coefficient (Wildman–Crippen LogP) is 6.99. The molecule has 1 aliphatic heterocycles. The van der Waals surface area contributed by atoms with Crippen molar-refractivity contribution in [1.29, 1.82) is 0 Å². The van der Waals surface area contributed by atoms with Gasteiger partial charge in [0.1, 0.15) is 5.78 Å². The number of hydrogen-bond acceptors (Lipinski definition) is 4. The van der Waals surface area contributed by atoms with Gasteiger partial charge >= 0.3 is 5.97 Å². The number of esters is 1. The van der Waals surface area contributed by atoms with Crippen LogP contribution in [0.4, 0.5) is 0 Å². The Bertz CT molecular complexity index is 787. The second-order valence-corrected chi connectivity index (χ2v) is 13.8. The molecule has 0 amide bonds. The Morgan fingerprint density at radius 1 is 1.06 bits per heavy atom. The molecular formula is C31H50O4. The van der Waals surface area contributed by atoms with Gasteiger partial charge in [0.25, 0.3) is 0 Å². The Hall–Kier alpha value is -0.900. The van der Waals surface area contributed by atoms with Crippen molar-refractivity contribution in [3.05, 3.63) is 0 Å². The second kappa shape index (κ2) is 10.1. The van der Waals surface area contributed by atoms with Gasteiger partial charge in [-0.2, -0.15) is 0 Å². The van der Waals surface area contributed by atoms with Gasteiger partial charge in [-0.3, -0.25) is 9.59 Å². The molecular weight excluding hydrogens is 436 g/mol. The van der Waals surface area contributed by atoms with E-state index < -0.39 is 0 Å². The van der Waals surface area contributed by atoms with Gasteiger partial charge in [0.15, 0.2) is 0 Å². The monoisotopic (exact) mass is 486 g/mol. The van der Waals surface area contributed by atoms with Crippen molar-refractivity contribution in [3.8, 4) is 0 Å². The van der Waals surface area contributed by atoms with E-state index >= 15 is 0 Å². The normalized spacial score (nSPS) is 46.3. The van der Waals surface area contributed by atoms with Crippen molar-refractivity contribution >= 4 is 11.8 Å². The standard InChI is InChI=1S/C31H50O4/c1-20(8-11-29(33)34-4)25-9-10-26-24-18-21(17-23-7-5-6-16-35-23)28-19-22(32)12-14-31(28,3)27(24)13-15-30(25,26)2/h20-21,23-28H,5-19H2,1-4H3/t20-,21+,23?,24?,25?,26?,27?,28+,30?,31?/m1/s1. The molecule has 0 aromatic carbocycles. The lowest BCUT2D eigenvalue weighted by molar-refractivity contribution is -0.157. The van der Waals surface area contributed by atoms with E-state index in [1.165, 1.54) is 64.9 Å². The van der Waals surface area contributed by atoms with Gasteiger partial charge in [0.2, 0.25) is 0 Å². The smallest absolute Gasteiger partial charge is 0.305 e. The summed E-state index contributed by atoms with van der Waals surface area (Å²) < 4.78 is 11.2. The van der Waals surface area contributed by atoms with Crippen molar-refractivity contribution in [3.63, 3.8) is 0 Å². The first-order valence-corrected chi connectivity index (χ1v) is 15.0. The van der Waals surface area contributed by atoms with E-state index in [1.807, 2.05) is 0 Å². The molecule has 198 valence electrons. The van der Waals surface area contributed by atoms with Gasteiger partial charge in [-0.1, -0.05) is 20.8 Å². The summed E-state index contributed by atoms with van der Waals surface area (Å²) in [5, 5.41) is 0. The van der Waals surface area contributed by atoms with Crippen molar-refractivity contribution in [1.82, 2.24) is 0 Å². The molecule has 5 fully saturated rings. The van der Waals surface area contributed by atoms with Crippen LogP contribution >= 0.6 is 0 Å². The number of carbonyl (C=O) groups is 2. The van der Waals surface area contributed by atoms with Gasteiger partial charge in [-0.15, -0.1) is 0 Å². The third kappa shape index (κ3) is 4.64. The van der Waals surface area contributed by atoms with Gasteiger partial charge in [0.05, 0.1) is 13.2 Å². The van der Waals surface area contributed by atoms with Crippen LogP contribution in [0.1, 0.15) is 111 Å². The van der Waals surface area contributed by atoms with E-state index in [0.29, 0.717) is 46.9 Å². The van der Waals surface area contributed by atoms with E-state index in [4.69, 9.17) is 9.47 Å². The minimum atomic E-state index is -0.0638. The van der Waals surface area contributed by atoms with Crippen LogP contribution in [-0.2, 0) is 19.1 Å². The number of hydrogen-bond donors (Lipinski definition) is 0. The third-order valence-electron chi connectivity index (χ3n) is 12.3. The fourth-order valence-electron chi connectivity index (χ4n) is 10.5. The fraction of sp³-hybridized carbons (Fsp3) is 0.935. The van der Waals surface area contributed by atoms with Crippen molar-refractivity contribution in [2.45, 2.75) is 117 Å². The SMILES string of the molecule is COC(=O)CC[C@@H](C)C1CCC2C3C[C@H](CC4CCCCO4)[C@@H]4CC(=O)CCC4(C)C3CCC21C. The molecule has 0 spiro atoms. The topological polar surface area (TPSA) is 52.6 Å². The summed E-state index contributed by atoms with van der Waals surface area (Å²) in [7, 11) is 1.51. The number of fused-ring (bicyclic) bond motifs is 5. The first kappa shape index (κ1) is 25.7. The van der Waals surface area contributed by atoms with E-state index in [0.717, 1.165) is 56.0 Å². The zero-order valence-corrected chi connectivity index (χ0v) is 22.9. The van der Waals surface area contributed by atoms with Crippen LogP contribution in [0.25, 0.3) is 0 Å². The summed E-state index contributed by atoms with van der Waals surface area (Å²) in [5.41, 5.74) is 0.725. The highest BCUT2D eigenvalue weighted by molar-refractivity contribution is 5.79. The second-order valence-electron chi connectivity index (χ2n) is 13.8. The van der Waals surface area contributed by atoms with Gasteiger partial charge in [-0.25, -0.2) is 0 Å². The maximum atomic E-state index is 12.7. The van der Waals surface area contributed by atoms with Gasteiger partial charge < -0.3 is 9.47 Å². The van der Waals surface area contributed by atoms with Crippen LogP contribution in [0.3, 0.4) is 0 Å². The van der Waals surface area contributed by atoms with E-state index in [-0.39, 0.29) is 5.97 Å². The summed E-state index contributed by atoms with van der Waals surface area (Å²) in [6, 6.07) is 0. The molecule has 0 aromatic rings. The third-order valence-corrected chi connectivity index (χ3v) is 12.3.